The molecule has 0 N–H and O–H groups in total. The van der Waals surface area contributed by atoms with E-state index in [2.05, 4.69) is 18.7 Å². The summed E-state index contributed by atoms with van der Waals surface area (Å²) in [5, 5.41) is 0. The van der Waals surface area contributed by atoms with Crippen LogP contribution in [-0.2, 0) is 0 Å². The lowest BCUT2D eigenvalue weighted by atomic mass is 9.89. The predicted molar refractivity (Wildman–Crippen MR) is 95.9 cm³/mol. The minimum absolute atomic E-state index is 1.01. The first-order valence-electron chi connectivity index (χ1n) is 10.1. The molecule has 0 bridgehead atoms. The van der Waals surface area contributed by atoms with Crippen molar-refractivity contribution < 1.29 is 0 Å². The first-order valence-corrected chi connectivity index (χ1v) is 10.1. The van der Waals surface area contributed by atoms with Crippen LogP contribution >= 0.6 is 0 Å². The van der Waals surface area contributed by atoms with E-state index in [0.717, 1.165) is 5.92 Å². The van der Waals surface area contributed by atoms with E-state index in [9.17, 15) is 0 Å². The summed E-state index contributed by atoms with van der Waals surface area (Å²) in [7, 11) is 0. The van der Waals surface area contributed by atoms with Crippen molar-refractivity contribution in [2.75, 3.05) is 19.6 Å². The van der Waals surface area contributed by atoms with Gasteiger partial charge in [0.2, 0.25) is 0 Å². The van der Waals surface area contributed by atoms with Gasteiger partial charge in [-0.25, -0.2) is 0 Å². The molecule has 0 aliphatic heterocycles. The number of unbranched alkanes of at least 4 members (excludes halogenated alkanes) is 7. The van der Waals surface area contributed by atoms with E-state index in [1.165, 1.54) is 110 Å². The lowest BCUT2D eigenvalue weighted by molar-refractivity contribution is 0.197. The SMILES string of the molecule is CCCCCCCCCCN(CCC)CC1CCCCC1. The Morgan fingerprint density at radius 2 is 1.29 bits per heavy atom. The Balaban J connectivity index is 2.02. The van der Waals surface area contributed by atoms with E-state index >= 15 is 0 Å². The highest BCUT2D eigenvalue weighted by Gasteiger charge is 2.16. The zero-order valence-corrected chi connectivity index (χ0v) is 15.0. The standard InChI is InChI=1S/C20H41N/c1-3-5-6-7-8-9-10-14-18-21(17-4-2)19-20-15-12-11-13-16-20/h20H,3-19H2,1-2H3. The fourth-order valence-electron chi connectivity index (χ4n) is 3.81. The molecule has 1 rings (SSSR count). The largest absolute Gasteiger partial charge is 0.303 e. The molecule has 1 aliphatic carbocycles. The van der Waals surface area contributed by atoms with Crippen LogP contribution in [0.5, 0.6) is 0 Å². The summed E-state index contributed by atoms with van der Waals surface area (Å²) < 4.78 is 0. The molecule has 0 atom stereocenters. The molecule has 0 amide bonds. The molecule has 126 valence electrons. The van der Waals surface area contributed by atoms with Crippen molar-refractivity contribution in [1.82, 2.24) is 4.90 Å². The normalized spacial score (nSPS) is 16.7. The average Bonchev–Trinajstić information content (AvgIpc) is 2.51. The van der Waals surface area contributed by atoms with Gasteiger partial charge in [0.25, 0.3) is 0 Å². The van der Waals surface area contributed by atoms with Gasteiger partial charge in [-0.05, 0) is 44.7 Å². The number of rotatable bonds is 13. The van der Waals surface area contributed by atoms with E-state index in [0.29, 0.717) is 0 Å². The first-order chi connectivity index (χ1) is 10.4. The summed E-state index contributed by atoms with van der Waals surface area (Å²) in [6, 6.07) is 0. The van der Waals surface area contributed by atoms with Gasteiger partial charge < -0.3 is 4.90 Å². The summed E-state index contributed by atoms with van der Waals surface area (Å²) >= 11 is 0. The van der Waals surface area contributed by atoms with Crippen molar-refractivity contribution >= 4 is 0 Å². The van der Waals surface area contributed by atoms with Crippen LogP contribution in [-0.4, -0.2) is 24.5 Å². The van der Waals surface area contributed by atoms with Crippen LogP contribution in [0.4, 0.5) is 0 Å². The van der Waals surface area contributed by atoms with Crippen LogP contribution in [0.15, 0.2) is 0 Å². The highest BCUT2D eigenvalue weighted by molar-refractivity contribution is 4.70. The molecule has 1 aliphatic rings. The average molecular weight is 296 g/mol. The van der Waals surface area contributed by atoms with Crippen LogP contribution in [0.2, 0.25) is 0 Å². The van der Waals surface area contributed by atoms with Gasteiger partial charge in [0.15, 0.2) is 0 Å². The van der Waals surface area contributed by atoms with Gasteiger partial charge >= 0.3 is 0 Å². The van der Waals surface area contributed by atoms with E-state index < -0.39 is 0 Å². The van der Waals surface area contributed by atoms with Crippen LogP contribution in [0, 0.1) is 5.92 Å². The number of hydrogen-bond acceptors (Lipinski definition) is 1. The van der Waals surface area contributed by atoms with E-state index in [-0.39, 0.29) is 0 Å². The van der Waals surface area contributed by atoms with Crippen molar-refractivity contribution in [3.05, 3.63) is 0 Å². The van der Waals surface area contributed by atoms with Crippen molar-refractivity contribution in [3.8, 4) is 0 Å². The summed E-state index contributed by atoms with van der Waals surface area (Å²) in [6.45, 7) is 8.72. The van der Waals surface area contributed by atoms with Crippen molar-refractivity contribution in [3.63, 3.8) is 0 Å². The maximum absolute atomic E-state index is 2.77. The second-order valence-corrected chi connectivity index (χ2v) is 7.28. The third kappa shape index (κ3) is 10.3. The zero-order valence-electron chi connectivity index (χ0n) is 15.0. The number of hydrogen-bond donors (Lipinski definition) is 0. The van der Waals surface area contributed by atoms with Crippen molar-refractivity contribution in [2.45, 2.75) is 104 Å². The quantitative estimate of drug-likeness (QED) is 0.354. The smallest absolute Gasteiger partial charge is 0.000965 e. The third-order valence-electron chi connectivity index (χ3n) is 5.11. The molecule has 1 fully saturated rings. The molecule has 0 spiro atoms. The fourth-order valence-corrected chi connectivity index (χ4v) is 3.81. The van der Waals surface area contributed by atoms with Gasteiger partial charge in [-0.3, -0.25) is 0 Å². The first kappa shape index (κ1) is 19.0. The van der Waals surface area contributed by atoms with Crippen LogP contribution in [0.1, 0.15) is 104 Å². The van der Waals surface area contributed by atoms with Gasteiger partial charge in [0, 0.05) is 6.54 Å². The van der Waals surface area contributed by atoms with Crippen LogP contribution < -0.4 is 0 Å². The molecule has 0 unspecified atom stereocenters. The molecule has 1 nitrogen and oxygen atoms in total. The molecule has 0 aromatic carbocycles. The Labute approximate surface area is 134 Å². The molecule has 1 heteroatoms. The molecule has 0 aromatic rings. The second-order valence-electron chi connectivity index (χ2n) is 7.28. The second kappa shape index (κ2) is 13.6. The van der Waals surface area contributed by atoms with Gasteiger partial charge in [0.1, 0.15) is 0 Å². The highest BCUT2D eigenvalue weighted by atomic mass is 15.1. The van der Waals surface area contributed by atoms with Gasteiger partial charge in [0.05, 0.1) is 0 Å². The summed E-state index contributed by atoms with van der Waals surface area (Å²) in [4.78, 5) is 2.77. The Morgan fingerprint density at radius 3 is 1.90 bits per heavy atom. The molecule has 0 saturated heterocycles. The predicted octanol–water partition coefficient (Wildman–Crippen LogP) is 6.42. The Hall–Kier alpha value is -0.0400. The van der Waals surface area contributed by atoms with E-state index in [1.54, 1.807) is 0 Å². The lowest BCUT2D eigenvalue weighted by Gasteiger charge is -2.29. The van der Waals surface area contributed by atoms with Crippen LogP contribution in [0.25, 0.3) is 0 Å². The van der Waals surface area contributed by atoms with Crippen LogP contribution in [0.3, 0.4) is 0 Å². The molecular formula is C20H41N. The third-order valence-corrected chi connectivity index (χ3v) is 5.11. The monoisotopic (exact) mass is 295 g/mol. The molecule has 0 radical (unpaired) electrons. The number of nitrogens with zero attached hydrogens (tertiary/aromatic N) is 1. The molecule has 1 saturated carbocycles. The highest BCUT2D eigenvalue weighted by Crippen LogP contribution is 2.24. The maximum atomic E-state index is 2.77. The maximum Gasteiger partial charge on any atom is 0.000965 e. The molecule has 21 heavy (non-hydrogen) atoms. The minimum atomic E-state index is 1.01. The zero-order chi connectivity index (χ0) is 15.2. The van der Waals surface area contributed by atoms with E-state index in [1.807, 2.05) is 0 Å². The van der Waals surface area contributed by atoms with E-state index in [4.69, 9.17) is 0 Å². The van der Waals surface area contributed by atoms with Gasteiger partial charge in [-0.15, -0.1) is 0 Å². The lowest BCUT2D eigenvalue weighted by Crippen LogP contribution is -2.32. The Morgan fingerprint density at radius 1 is 0.667 bits per heavy atom. The van der Waals surface area contributed by atoms with Gasteiger partial charge in [-0.2, -0.15) is 0 Å². The minimum Gasteiger partial charge on any atom is -0.303 e. The van der Waals surface area contributed by atoms with Crippen molar-refractivity contribution in [1.29, 1.82) is 0 Å². The molecular weight excluding hydrogens is 254 g/mol. The fraction of sp³-hybridized carbons (Fsp3) is 1.00. The summed E-state index contributed by atoms with van der Waals surface area (Å²) in [5.74, 6) is 1.01. The van der Waals surface area contributed by atoms with Gasteiger partial charge in [-0.1, -0.05) is 78.1 Å². The van der Waals surface area contributed by atoms with Crippen molar-refractivity contribution in [2.24, 2.45) is 5.92 Å². The molecule has 0 heterocycles. The Bertz CT molecular complexity index is 208. The topological polar surface area (TPSA) is 3.24 Å². The summed E-state index contributed by atoms with van der Waals surface area (Å²) in [5.41, 5.74) is 0. The Kier molecular flexibility index (Phi) is 12.3. The molecule has 0 aromatic heterocycles. The summed E-state index contributed by atoms with van der Waals surface area (Å²) in [6.07, 6.45) is 20.3.